The third-order valence-corrected chi connectivity index (χ3v) is 4.27. The molecule has 1 aliphatic carbocycles. The second-order valence-corrected chi connectivity index (χ2v) is 5.94. The van der Waals surface area contributed by atoms with E-state index in [1.165, 1.54) is 6.20 Å². The summed E-state index contributed by atoms with van der Waals surface area (Å²) in [6, 6.07) is 1.95. The summed E-state index contributed by atoms with van der Waals surface area (Å²) in [6.45, 7) is 6.40. The molecule has 1 aliphatic heterocycles. The molecule has 1 N–H and O–H groups in total. The highest BCUT2D eigenvalue weighted by atomic mass is 16.2. The molecule has 1 saturated heterocycles. The molecule has 0 spiro atoms. The number of rotatable bonds is 4. The molecular formula is C16H22N4O2. The van der Waals surface area contributed by atoms with Crippen LogP contribution in [0.2, 0.25) is 0 Å². The topological polar surface area (TPSA) is 65.5 Å². The summed E-state index contributed by atoms with van der Waals surface area (Å²) in [5.41, 5.74) is 0.957. The average Bonchev–Trinajstić information content (AvgIpc) is 3.38. The maximum Gasteiger partial charge on any atom is 0.255 e. The van der Waals surface area contributed by atoms with E-state index in [0.717, 1.165) is 45.6 Å². The number of piperazine rings is 1. The summed E-state index contributed by atoms with van der Waals surface area (Å²) in [5.74, 6) is -0.176. The highest BCUT2D eigenvalue weighted by Gasteiger charge is 2.25. The fourth-order valence-electron chi connectivity index (χ4n) is 2.63. The Morgan fingerprint density at radius 1 is 1.18 bits per heavy atom. The molecule has 22 heavy (non-hydrogen) atoms. The Hall–Kier alpha value is -1.95. The summed E-state index contributed by atoms with van der Waals surface area (Å²) >= 11 is 0. The molecule has 2 amide bonds. The van der Waals surface area contributed by atoms with Gasteiger partial charge < -0.3 is 15.1 Å². The molecule has 3 rings (SSSR count). The number of carbonyl (C=O) groups is 2. The van der Waals surface area contributed by atoms with Crippen LogP contribution < -0.4 is 5.32 Å². The largest absolute Gasteiger partial charge is 0.349 e. The first-order valence-corrected chi connectivity index (χ1v) is 7.95. The van der Waals surface area contributed by atoms with Crippen LogP contribution in [-0.2, 0) is 0 Å². The lowest BCUT2D eigenvalue weighted by Gasteiger charge is -2.34. The molecule has 1 saturated carbocycles. The molecule has 0 unspecified atom stereocenters. The molecule has 0 atom stereocenters. The van der Waals surface area contributed by atoms with Crippen molar-refractivity contribution in [3.05, 3.63) is 29.6 Å². The van der Waals surface area contributed by atoms with Gasteiger partial charge in [0.2, 0.25) is 0 Å². The van der Waals surface area contributed by atoms with Crippen molar-refractivity contribution < 1.29 is 9.59 Å². The van der Waals surface area contributed by atoms with Gasteiger partial charge in [0.15, 0.2) is 0 Å². The summed E-state index contributed by atoms with van der Waals surface area (Å²) < 4.78 is 0. The molecule has 2 heterocycles. The zero-order valence-corrected chi connectivity index (χ0v) is 12.9. The van der Waals surface area contributed by atoms with Crippen molar-refractivity contribution in [2.75, 3.05) is 32.7 Å². The van der Waals surface area contributed by atoms with Crippen molar-refractivity contribution in [3.8, 4) is 0 Å². The molecule has 0 aromatic carbocycles. The van der Waals surface area contributed by atoms with Gasteiger partial charge in [0.05, 0.1) is 11.1 Å². The quantitative estimate of drug-likeness (QED) is 0.891. The van der Waals surface area contributed by atoms with E-state index < -0.39 is 0 Å². The molecule has 1 aromatic heterocycles. The first kappa shape index (κ1) is 15.0. The first-order chi connectivity index (χ1) is 10.7. The lowest BCUT2D eigenvalue weighted by Crippen LogP contribution is -2.48. The maximum atomic E-state index is 12.5. The third-order valence-electron chi connectivity index (χ3n) is 4.27. The normalized spacial score (nSPS) is 19.0. The van der Waals surface area contributed by atoms with E-state index in [-0.39, 0.29) is 11.8 Å². The Kier molecular flexibility index (Phi) is 4.38. The molecule has 1 aromatic rings. The van der Waals surface area contributed by atoms with Crippen molar-refractivity contribution in [3.63, 3.8) is 0 Å². The number of aromatic nitrogens is 1. The van der Waals surface area contributed by atoms with Crippen LogP contribution in [0.4, 0.5) is 0 Å². The van der Waals surface area contributed by atoms with E-state index in [1.807, 2.05) is 4.90 Å². The predicted octanol–water partition coefficient (Wildman–Crippen LogP) is 0.751. The van der Waals surface area contributed by atoms with Crippen molar-refractivity contribution in [1.29, 1.82) is 0 Å². The van der Waals surface area contributed by atoms with Gasteiger partial charge in [-0.05, 0) is 25.5 Å². The number of nitrogens with one attached hydrogen (secondary N) is 1. The van der Waals surface area contributed by atoms with E-state index in [0.29, 0.717) is 17.2 Å². The van der Waals surface area contributed by atoms with Gasteiger partial charge in [-0.2, -0.15) is 0 Å². The van der Waals surface area contributed by atoms with Gasteiger partial charge in [-0.1, -0.05) is 6.92 Å². The fraction of sp³-hybridized carbons (Fsp3) is 0.562. The van der Waals surface area contributed by atoms with Gasteiger partial charge in [-0.15, -0.1) is 0 Å². The van der Waals surface area contributed by atoms with Crippen molar-refractivity contribution >= 4 is 11.8 Å². The molecule has 6 heteroatoms. The van der Waals surface area contributed by atoms with Gasteiger partial charge in [-0.3, -0.25) is 14.6 Å². The third kappa shape index (κ3) is 3.44. The Morgan fingerprint density at radius 3 is 2.50 bits per heavy atom. The van der Waals surface area contributed by atoms with Gasteiger partial charge in [0.25, 0.3) is 11.8 Å². The first-order valence-electron chi connectivity index (χ1n) is 7.95. The number of pyridine rings is 1. The Balaban J connectivity index is 1.66. The second kappa shape index (κ2) is 6.44. The Labute approximate surface area is 130 Å². The smallest absolute Gasteiger partial charge is 0.255 e. The standard InChI is InChI=1S/C16H22N4O2/c1-2-19-5-7-20(8-6-19)16(22)13-9-12(10-17-11-13)15(21)18-14-3-4-14/h9-11,14H,2-8H2,1H3,(H,18,21). The van der Waals surface area contributed by atoms with Crippen LogP contribution in [-0.4, -0.2) is 65.4 Å². The lowest BCUT2D eigenvalue weighted by molar-refractivity contribution is 0.0643. The van der Waals surface area contributed by atoms with Crippen LogP contribution >= 0.6 is 0 Å². The molecule has 0 radical (unpaired) electrons. The summed E-state index contributed by atoms with van der Waals surface area (Å²) in [7, 11) is 0. The molecule has 118 valence electrons. The number of nitrogens with zero attached hydrogens (tertiary/aromatic N) is 3. The van der Waals surface area contributed by atoms with E-state index in [1.54, 1.807) is 12.3 Å². The lowest BCUT2D eigenvalue weighted by atomic mass is 10.1. The van der Waals surface area contributed by atoms with E-state index in [9.17, 15) is 9.59 Å². The van der Waals surface area contributed by atoms with Crippen molar-refractivity contribution in [2.45, 2.75) is 25.8 Å². The van der Waals surface area contributed by atoms with Gasteiger partial charge in [-0.25, -0.2) is 0 Å². The van der Waals surface area contributed by atoms with Crippen LogP contribution in [0.15, 0.2) is 18.5 Å². The van der Waals surface area contributed by atoms with Crippen LogP contribution in [0.3, 0.4) is 0 Å². The van der Waals surface area contributed by atoms with Crippen LogP contribution in [0, 0.1) is 0 Å². The van der Waals surface area contributed by atoms with Crippen molar-refractivity contribution in [2.24, 2.45) is 0 Å². The van der Waals surface area contributed by atoms with Crippen LogP contribution in [0.5, 0.6) is 0 Å². The van der Waals surface area contributed by atoms with Crippen LogP contribution in [0.25, 0.3) is 0 Å². The number of hydrogen-bond donors (Lipinski definition) is 1. The molecule has 0 bridgehead atoms. The summed E-state index contributed by atoms with van der Waals surface area (Å²) in [5, 5.41) is 2.92. The molecule has 6 nitrogen and oxygen atoms in total. The zero-order chi connectivity index (χ0) is 15.5. The van der Waals surface area contributed by atoms with E-state index in [4.69, 9.17) is 0 Å². The number of amides is 2. The number of carbonyl (C=O) groups excluding carboxylic acids is 2. The maximum absolute atomic E-state index is 12.5. The van der Waals surface area contributed by atoms with Gasteiger partial charge in [0.1, 0.15) is 0 Å². The number of likely N-dealkylation sites (N-methyl/N-ethyl adjacent to an activating group) is 1. The Morgan fingerprint density at radius 2 is 1.86 bits per heavy atom. The zero-order valence-electron chi connectivity index (χ0n) is 12.9. The van der Waals surface area contributed by atoms with E-state index in [2.05, 4.69) is 22.1 Å². The molecule has 2 aliphatic rings. The highest BCUT2D eigenvalue weighted by molar-refractivity contribution is 5.99. The molecular weight excluding hydrogens is 280 g/mol. The fourth-order valence-corrected chi connectivity index (χ4v) is 2.63. The monoisotopic (exact) mass is 302 g/mol. The van der Waals surface area contributed by atoms with Crippen molar-refractivity contribution in [1.82, 2.24) is 20.1 Å². The minimum Gasteiger partial charge on any atom is -0.349 e. The highest BCUT2D eigenvalue weighted by Crippen LogP contribution is 2.19. The minimum absolute atomic E-state index is 0.0377. The SMILES string of the molecule is CCN1CCN(C(=O)c2cncc(C(=O)NC3CC3)c2)CC1. The van der Waals surface area contributed by atoms with Crippen LogP contribution in [0.1, 0.15) is 40.5 Å². The Bertz CT molecular complexity index is 563. The minimum atomic E-state index is -0.138. The number of hydrogen-bond acceptors (Lipinski definition) is 4. The van der Waals surface area contributed by atoms with Gasteiger partial charge >= 0.3 is 0 Å². The molecule has 2 fully saturated rings. The average molecular weight is 302 g/mol. The van der Waals surface area contributed by atoms with E-state index >= 15 is 0 Å². The predicted molar refractivity (Wildman–Crippen MR) is 82.7 cm³/mol. The van der Waals surface area contributed by atoms with Gasteiger partial charge in [0, 0.05) is 44.6 Å². The summed E-state index contributed by atoms with van der Waals surface area (Å²) in [6.07, 6.45) is 5.14. The summed E-state index contributed by atoms with van der Waals surface area (Å²) in [4.78, 5) is 32.8. The second-order valence-electron chi connectivity index (χ2n) is 5.94.